The number of halogens is 1. The summed E-state index contributed by atoms with van der Waals surface area (Å²) >= 11 is 6.05. The van der Waals surface area contributed by atoms with Crippen LogP contribution >= 0.6 is 11.6 Å². The largest absolute Gasteiger partial charge is 0.306 e. The van der Waals surface area contributed by atoms with Crippen molar-refractivity contribution in [3.05, 3.63) is 58.9 Å². The number of pyridine rings is 1. The number of hydrogen-bond acceptors (Lipinski definition) is 2. The molecule has 0 spiro atoms. The van der Waals surface area contributed by atoms with Gasteiger partial charge in [-0.25, -0.2) is 0 Å². The molecule has 3 rings (SSSR count). The number of fused-ring (bicyclic) bond motifs is 1. The van der Waals surface area contributed by atoms with E-state index in [1.54, 1.807) is 12.3 Å². The molecule has 1 unspecified atom stereocenters. The van der Waals surface area contributed by atoms with Gasteiger partial charge in [0.05, 0.1) is 0 Å². The van der Waals surface area contributed by atoms with Crippen LogP contribution in [0.15, 0.2) is 42.6 Å². The second kappa shape index (κ2) is 5.25. The number of amides is 1. The van der Waals surface area contributed by atoms with Crippen LogP contribution in [0.5, 0.6) is 0 Å². The molecule has 2 aromatic rings. The standard InChI is InChI=1S/C16H15ClN2O/c1-11-8-12-9-13(17)5-6-15(12)19(10-11)16(20)14-4-2-3-7-18-14/h2-7,9,11H,8,10H2,1H3. The third kappa shape index (κ3) is 2.41. The number of aromatic nitrogens is 1. The van der Waals surface area contributed by atoms with Gasteiger partial charge in [0.15, 0.2) is 0 Å². The first-order valence-corrected chi connectivity index (χ1v) is 7.04. The Balaban J connectivity index is 2.01. The molecule has 1 aromatic carbocycles. The number of nitrogens with zero attached hydrogens (tertiary/aromatic N) is 2. The van der Waals surface area contributed by atoms with E-state index >= 15 is 0 Å². The molecule has 2 heterocycles. The molecule has 20 heavy (non-hydrogen) atoms. The van der Waals surface area contributed by atoms with Crippen LogP contribution in [0, 0.1) is 5.92 Å². The lowest BCUT2D eigenvalue weighted by atomic mass is 9.93. The van der Waals surface area contributed by atoms with Gasteiger partial charge in [0, 0.05) is 23.5 Å². The third-order valence-corrected chi connectivity index (χ3v) is 3.76. The summed E-state index contributed by atoms with van der Waals surface area (Å²) in [7, 11) is 0. The van der Waals surface area contributed by atoms with Crippen molar-refractivity contribution >= 4 is 23.2 Å². The summed E-state index contributed by atoms with van der Waals surface area (Å²) in [5.41, 5.74) is 2.55. The van der Waals surface area contributed by atoms with Crippen LogP contribution in [0.3, 0.4) is 0 Å². The molecule has 102 valence electrons. The Morgan fingerprint density at radius 2 is 2.20 bits per heavy atom. The van der Waals surface area contributed by atoms with E-state index in [9.17, 15) is 4.79 Å². The van der Waals surface area contributed by atoms with E-state index in [4.69, 9.17) is 11.6 Å². The van der Waals surface area contributed by atoms with Crippen molar-refractivity contribution in [2.45, 2.75) is 13.3 Å². The van der Waals surface area contributed by atoms with E-state index in [2.05, 4.69) is 11.9 Å². The number of rotatable bonds is 1. The number of carbonyl (C=O) groups is 1. The molecule has 1 aliphatic rings. The van der Waals surface area contributed by atoms with E-state index in [-0.39, 0.29) is 5.91 Å². The average molecular weight is 287 g/mol. The first kappa shape index (κ1) is 13.1. The van der Waals surface area contributed by atoms with Gasteiger partial charge in [-0.1, -0.05) is 24.6 Å². The molecule has 0 radical (unpaired) electrons. The normalized spacial score (nSPS) is 17.7. The first-order chi connectivity index (χ1) is 9.65. The summed E-state index contributed by atoms with van der Waals surface area (Å²) in [6, 6.07) is 11.1. The highest BCUT2D eigenvalue weighted by Gasteiger charge is 2.27. The van der Waals surface area contributed by atoms with E-state index in [0.717, 1.165) is 17.7 Å². The monoisotopic (exact) mass is 286 g/mol. The summed E-state index contributed by atoms with van der Waals surface area (Å²) in [6.45, 7) is 2.85. The van der Waals surface area contributed by atoms with Crippen LogP contribution in [-0.2, 0) is 6.42 Å². The molecule has 0 saturated carbocycles. The summed E-state index contributed by atoms with van der Waals surface area (Å²) in [4.78, 5) is 18.6. The maximum atomic E-state index is 12.6. The van der Waals surface area contributed by atoms with Crippen LogP contribution < -0.4 is 4.90 Å². The Hall–Kier alpha value is -1.87. The number of anilines is 1. The van der Waals surface area contributed by atoms with Gasteiger partial charge >= 0.3 is 0 Å². The van der Waals surface area contributed by atoms with Gasteiger partial charge in [-0.2, -0.15) is 0 Å². The molecule has 0 saturated heterocycles. The maximum absolute atomic E-state index is 12.6. The molecule has 4 heteroatoms. The Bertz CT molecular complexity index is 642. The highest BCUT2D eigenvalue weighted by atomic mass is 35.5. The second-order valence-corrected chi connectivity index (χ2v) is 5.65. The van der Waals surface area contributed by atoms with Crippen molar-refractivity contribution < 1.29 is 4.79 Å². The third-order valence-electron chi connectivity index (χ3n) is 3.52. The minimum atomic E-state index is -0.0549. The van der Waals surface area contributed by atoms with Gasteiger partial charge in [-0.3, -0.25) is 9.78 Å². The van der Waals surface area contributed by atoms with Crippen LogP contribution in [0.2, 0.25) is 5.02 Å². The summed E-state index contributed by atoms with van der Waals surface area (Å²) in [5.74, 6) is 0.356. The molecule has 1 amide bonds. The van der Waals surface area contributed by atoms with Crippen LogP contribution in [0.25, 0.3) is 0 Å². The molecule has 0 fully saturated rings. The van der Waals surface area contributed by atoms with E-state index in [1.807, 2.05) is 35.2 Å². The lowest BCUT2D eigenvalue weighted by Crippen LogP contribution is -2.39. The van der Waals surface area contributed by atoms with Gasteiger partial charge in [-0.15, -0.1) is 0 Å². The summed E-state index contributed by atoms with van der Waals surface area (Å²) < 4.78 is 0. The SMILES string of the molecule is CC1Cc2cc(Cl)ccc2N(C(=O)c2ccccn2)C1. The zero-order valence-electron chi connectivity index (χ0n) is 11.2. The van der Waals surface area contributed by atoms with E-state index < -0.39 is 0 Å². The first-order valence-electron chi connectivity index (χ1n) is 6.66. The molecular weight excluding hydrogens is 272 g/mol. The molecule has 0 bridgehead atoms. The smallest absolute Gasteiger partial charge is 0.276 e. The molecule has 1 atom stereocenters. The highest BCUT2D eigenvalue weighted by molar-refractivity contribution is 6.30. The Morgan fingerprint density at radius 1 is 1.35 bits per heavy atom. The van der Waals surface area contributed by atoms with Gasteiger partial charge in [0.25, 0.3) is 5.91 Å². The number of carbonyl (C=O) groups excluding carboxylic acids is 1. The maximum Gasteiger partial charge on any atom is 0.276 e. The Labute approximate surface area is 123 Å². The fourth-order valence-electron chi connectivity index (χ4n) is 2.65. The van der Waals surface area contributed by atoms with Crippen molar-refractivity contribution in [1.29, 1.82) is 0 Å². The minimum absolute atomic E-state index is 0.0549. The molecule has 0 N–H and O–H groups in total. The fourth-order valence-corrected chi connectivity index (χ4v) is 2.85. The van der Waals surface area contributed by atoms with Crippen molar-refractivity contribution in [3.8, 4) is 0 Å². The lowest BCUT2D eigenvalue weighted by Gasteiger charge is -2.33. The highest BCUT2D eigenvalue weighted by Crippen LogP contribution is 2.32. The van der Waals surface area contributed by atoms with Crippen molar-refractivity contribution in [1.82, 2.24) is 4.98 Å². The molecule has 1 aromatic heterocycles. The Morgan fingerprint density at radius 3 is 2.95 bits per heavy atom. The van der Waals surface area contributed by atoms with Crippen molar-refractivity contribution in [2.75, 3.05) is 11.4 Å². The van der Waals surface area contributed by atoms with Gasteiger partial charge in [0.2, 0.25) is 0 Å². The molecule has 1 aliphatic heterocycles. The fraction of sp³-hybridized carbons (Fsp3) is 0.250. The number of hydrogen-bond donors (Lipinski definition) is 0. The van der Waals surface area contributed by atoms with E-state index in [1.165, 1.54) is 0 Å². The predicted molar refractivity (Wildman–Crippen MR) is 80.2 cm³/mol. The Kier molecular flexibility index (Phi) is 3.45. The van der Waals surface area contributed by atoms with E-state index in [0.29, 0.717) is 23.2 Å². The number of benzene rings is 1. The molecular formula is C16H15ClN2O. The lowest BCUT2D eigenvalue weighted by molar-refractivity contribution is 0.0976. The zero-order chi connectivity index (χ0) is 14.1. The van der Waals surface area contributed by atoms with Crippen LogP contribution in [-0.4, -0.2) is 17.4 Å². The molecule has 3 nitrogen and oxygen atoms in total. The van der Waals surface area contributed by atoms with Crippen LogP contribution in [0.1, 0.15) is 23.0 Å². The second-order valence-electron chi connectivity index (χ2n) is 5.21. The molecule has 0 aliphatic carbocycles. The predicted octanol–water partition coefficient (Wildman–Crippen LogP) is 3.57. The van der Waals surface area contributed by atoms with Gasteiger partial charge in [0.1, 0.15) is 5.69 Å². The van der Waals surface area contributed by atoms with Crippen LogP contribution in [0.4, 0.5) is 5.69 Å². The summed E-state index contributed by atoms with van der Waals surface area (Å²) in [6.07, 6.45) is 2.59. The van der Waals surface area contributed by atoms with Crippen molar-refractivity contribution in [3.63, 3.8) is 0 Å². The topological polar surface area (TPSA) is 33.2 Å². The van der Waals surface area contributed by atoms with Gasteiger partial charge in [-0.05, 0) is 48.2 Å². The average Bonchev–Trinajstić information content (AvgIpc) is 2.46. The quantitative estimate of drug-likeness (QED) is 0.803. The van der Waals surface area contributed by atoms with Gasteiger partial charge < -0.3 is 4.90 Å². The summed E-state index contributed by atoms with van der Waals surface area (Å²) in [5, 5.41) is 0.711. The van der Waals surface area contributed by atoms with Crippen molar-refractivity contribution in [2.24, 2.45) is 5.92 Å². The minimum Gasteiger partial charge on any atom is -0.306 e. The zero-order valence-corrected chi connectivity index (χ0v) is 12.0.